The molecule has 0 radical (unpaired) electrons. The van der Waals surface area contributed by atoms with Gasteiger partial charge in [0.2, 0.25) is 0 Å². The van der Waals surface area contributed by atoms with Crippen molar-refractivity contribution in [3.05, 3.63) is 89.0 Å². The predicted molar refractivity (Wildman–Crippen MR) is 143 cm³/mol. The van der Waals surface area contributed by atoms with Crippen molar-refractivity contribution in [3.63, 3.8) is 0 Å². The van der Waals surface area contributed by atoms with Gasteiger partial charge in [-0.2, -0.15) is 13.2 Å². The van der Waals surface area contributed by atoms with E-state index < -0.39 is 29.7 Å². The van der Waals surface area contributed by atoms with Gasteiger partial charge in [-0.15, -0.1) is 0 Å². The standard InChI is InChI=1S/C30H33F3N2O4/c1-5-35(29(37)34-18-21-11-8-7-9-12-21)19-22-17-23(30(31,32)33)15-16-25(22)27-24(13-10-14-26(27)38-4)20(3)28(36)39-6-2/h7-17,20H,5-6,18-19H2,1-4H3,(H,34,37). The number of ether oxygens (including phenoxy) is 2. The van der Waals surface area contributed by atoms with Gasteiger partial charge in [-0.05, 0) is 61.2 Å². The molecule has 2 amide bonds. The molecule has 1 atom stereocenters. The number of alkyl halides is 3. The monoisotopic (exact) mass is 542 g/mol. The number of halogens is 3. The molecule has 208 valence electrons. The predicted octanol–water partition coefficient (Wildman–Crippen LogP) is 6.78. The number of methoxy groups -OCH3 is 1. The largest absolute Gasteiger partial charge is 0.496 e. The SMILES string of the molecule is CCOC(=O)C(C)c1cccc(OC)c1-c1ccc(C(F)(F)F)cc1CN(CC)C(=O)NCc1ccccc1. The molecule has 0 saturated carbocycles. The number of carbonyl (C=O) groups excluding carboxylic acids is 2. The topological polar surface area (TPSA) is 67.9 Å². The first kappa shape index (κ1) is 29.5. The molecule has 0 aliphatic carbocycles. The number of hydrogen-bond acceptors (Lipinski definition) is 4. The van der Waals surface area contributed by atoms with Gasteiger partial charge in [-0.1, -0.05) is 48.5 Å². The van der Waals surface area contributed by atoms with Gasteiger partial charge in [0.05, 0.1) is 25.2 Å². The Balaban J connectivity index is 2.07. The third-order valence-electron chi connectivity index (χ3n) is 6.40. The van der Waals surface area contributed by atoms with Gasteiger partial charge >= 0.3 is 18.2 Å². The van der Waals surface area contributed by atoms with Crippen molar-refractivity contribution < 1.29 is 32.2 Å². The normalized spacial score (nSPS) is 12.0. The first-order chi connectivity index (χ1) is 18.6. The molecule has 0 aliphatic rings. The summed E-state index contributed by atoms with van der Waals surface area (Å²) in [7, 11) is 1.46. The number of rotatable bonds is 10. The second-order valence-corrected chi connectivity index (χ2v) is 8.93. The fourth-order valence-electron chi connectivity index (χ4n) is 4.32. The summed E-state index contributed by atoms with van der Waals surface area (Å²) in [4.78, 5) is 27.1. The third kappa shape index (κ3) is 7.31. The summed E-state index contributed by atoms with van der Waals surface area (Å²) in [5.41, 5.74) is 1.78. The van der Waals surface area contributed by atoms with Crippen LogP contribution in [0.5, 0.6) is 5.75 Å². The van der Waals surface area contributed by atoms with Gasteiger partial charge < -0.3 is 19.7 Å². The third-order valence-corrected chi connectivity index (χ3v) is 6.40. The maximum Gasteiger partial charge on any atom is 0.416 e. The number of benzene rings is 3. The van der Waals surface area contributed by atoms with E-state index in [1.165, 1.54) is 18.1 Å². The average molecular weight is 543 g/mol. The Morgan fingerprint density at radius 1 is 1.00 bits per heavy atom. The quantitative estimate of drug-likeness (QED) is 0.287. The highest BCUT2D eigenvalue weighted by Gasteiger charge is 2.32. The molecule has 0 heterocycles. The van der Waals surface area contributed by atoms with E-state index in [0.29, 0.717) is 22.4 Å². The van der Waals surface area contributed by atoms with Crippen LogP contribution in [0, 0.1) is 0 Å². The van der Waals surface area contributed by atoms with Crippen molar-refractivity contribution in [2.75, 3.05) is 20.3 Å². The number of hydrogen-bond donors (Lipinski definition) is 1. The van der Waals surface area contributed by atoms with Crippen LogP contribution in [0.15, 0.2) is 66.7 Å². The van der Waals surface area contributed by atoms with Crippen LogP contribution in [0.4, 0.5) is 18.0 Å². The van der Waals surface area contributed by atoms with Crippen LogP contribution >= 0.6 is 0 Å². The molecule has 3 rings (SSSR count). The van der Waals surface area contributed by atoms with E-state index in [-0.39, 0.29) is 31.8 Å². The van der Waals surface area contributed by atoms with Gasteiger partial charge in [0.25, 0.3) is 0 Å². The number of esters is 1. The molecule has 0 spiro atoms. The highest BCUT2D eigenvalue weighted by atomic mass is 19.4. The summed E-state index contributed by atoms with van der Waals surface area (Å²) in [5, 5.41) is 2.83. The number of nitrogens with one attached hydrogen (secondary N) is 1. The van der Waals surface area contributed by atoms with Gasteiger partial charge in [0, 0.05) is 25.2 Å². The summed E-state index contributed by atoms with van der Waals surface area (Å²) in [6.45, 7) is 5.77. The fraction of sp³-hybridized carbons (Fsp3) is 0.333. The highest BCUT2D eigenvalue weighted by molar-refractivity contribution is 5.85. The van der Waals surface area contributed by atoms with Crippen molar-refractivity contribution in [1.82, 2.24) is 10.2 Å². The molecule has 1 unspecified atom stereocenters. The van der Waals surface area contributed by atoms with E-state index in [1.807, 2.05) is 30.3 Å². The minimum absolute atomic E-state index is 0.0956. The Labute approximate surface area is 226 Å². The molecule has 3 aromatic rings. The second-order valence-electron chi connectivity index (χ2n) is 8.93. The van der Waals surface area contributed by atoms with Gasteiger partial charge in [-0.25, -0.2) is 4.79 Å². The number of carbonyl (C=O) groups is 2. The Morgan fingerprint density at radius 3 is 2.33 bits per heavy atom. The summed E-state index contributed by atoms with van der Waals surface area (Å²) in [5.74, 6) is -0.779. The zero-order chi connectivity index (χ0) is 28.6. The van der Waals surface area contributed by atoms with Gasteiger partial charge in [0.15, 0.2) is 0 Å². The maximum absolute atomic E-state index is 13.8. The molecular weight excluding hydrogens is 509 g/mol. The molecule has 1 N–H and O–H groups in total. The van der Waals surface area contributed by atoms with Crippen LogP contribution in [0.1, 0.15) is 48.9 Å². The first-order valence-corrected chi connectivity index (χ1v) is 12.7. The smallest absolute Gasteiger partial charge is 0.416 e. The van der Waals surface area contributed by atoms with Gasteiger partial charge in [0.1, 0.15) is 5.75 Å². The Bertz CT molecular complexity index is 1280. The van der Waals surface area contributed by atoms with Gasteiger partial charge in [-0.3, -0.25) is 4.79 Å². The molecule has 0 fully saturated rings. The van der Waals surface area contributed by atoms with Crippen LogP contribution in [0.25, 0.3) is 11.1 Å². The lowest BCUT2D eigenvalue weighted by Crippen LogP contribution is -2.39. The van der Waals surface area contributed by atoms with Crippen LogP contribution < -0.4 is 10.1 Å². The molecule has 0 aromatic heterocycles. The molecular formula is C30H33F3N2O4. The number of urea groups is 1. The van der Waals surface area contributed by atoms with E-state index in [4.69, 9.17) is 9.47 Å². The molecule has 6 nitrogen and oxygen atoms in total. The van der Waals surface area contributed by atoms with E-state index in [1.54, 1.807) is 39.0 Å². The van der Waals surface area contributed by atoms with Crippen molar-refractivity contribution in [1.29, 1.82) is 0 Å². The molecule has 39 heavy (non-hydrogen) atoms. The average Bonchev–Trinajstić information content (AvgIpc) is 2.93. The van der Waals surface area contributed by atoms with Crippen LogP contribution in [-0.2, 0) is 28.8 Å². The Hall–Kier alpha value is -4.01. The minimum Gasteiger partial charge on any atom is -0.496 e. The lowest BCUT2D eigenvalue weighted by Gasteiger charge is -2.25. The van der Waals surface area contributed by atoms with Crippen molar-refractivity contribution >= 4 is 12.0 Å². The summed E-state index contributed by atoms with van der Waals surface area (Å²) < 4.78 is 52.0. The van der Waals surface area contributed by atoms with Crippen LogP contribution in [0.3, 0.4) is 0 Å². The van der Waals surface area contributed by atoms with Crippen molar-refractivity contribution in [2.24, 2.45) is 0 Å². The molecule has 9 heteroatoms. The van der Waals surface area contributed by atoms with E-state index in [9.17, 15) is 22.8 Å². The highest BCUT2D eigenvalue weighted by Crippen LogP contribution is 2.41. The number of amides is 2. The van der Waals surface area contributed by atoms with Crippen LogP contribution in [-0.4, -0.2) is 37.2 Å². The molecule has 0 aliphatic heterocycles. The zero-order valence-corrected chi connectivity index (χ0v) is 22.5. The summed E-state index contributed by atoms with van der Waals surface area (Å²) >= 11 is 0. The van der Waals surface area contributed by atoms with Crippen LogP contribution in [0.2, 0.25) is 0 Å². The number of nitrogens with zero attached hydrogens (tertiary/aromatic N) is 1. The Kier molecular flexibility index (Phi) is 9.98. The second kappa shape index (κ2) is 13.2. The lowest BCUT2D eigenvalue weighted by atomic mass is 9.87. The fourth-order valence-corrected chi connectivity index (χ4v) is 4.32. The molecule has 0 bridgehead atoms. The Morgan fingerprint density at radius 2 is 1.72 bits per heavy atom. The maximum atomic E-state index is 13.8. The first-order valence-electron chi connectivity index (χ1n) is 12.7. The van der Waals surface area contributed by atoms with E-state index in [0.717, 1.165) is 17.7 Å². The molecule has 0 saturated heterocycles. The summed E-state index contributed by atoms with van der Waals surface area (Å²) in [6.07, 6.45) is -4.58. The van der Waals surface area contributed by atoms with Crippen molar-refractivity contribution in [2.45, 2.75) is 46.0 Å². The summed E-state index contributed by atoms with van der Waals surface area (Å²) in [6, 6.07) is 17.5. The van der Waals surface area contributed by atoms with Crippen molar-refractivity contribution in [3.8, 4) is 16.9 Å². The lowest BCUT2D eigenvalue weighted by molar-refractivity contribution is -0.144. The van der Waals surface area contributed by atoms with E-state index in [2.05, 4.69) is 5.32 Å². The molecule has 3 aromatic carbocycles. The van der Waals surface area contributed by atoms with E-state index >= 15 is 0 Å². The minimum atomic E-state index is -4.58. The zero-order valence-electron chi connectivity index (χ0n) is 22.5.